The van der Waals surface area contributed by atoms with E-state index in [1.165, 1.54) is 39.9 Å². The Balaban J connectivity index is 1.52. The van der Waals surface area contributed by atoms with Gasteiger partial charge in [-0.25, -0.2) is 13.4 Å². The average Bonchev–Trinajstić information content (AvgIpc) is 3.22. The van der Waals surface area contributed by atoms with E-state index in [-0.39, 0.29) is 17.3 Å². The zero-order valence-electron chi connectivity index (χ0n) is 17.5. The van der Waals surface area contributed by atoms with Crippen molar-refractivity contribution in [3.63, 3.8) is 0 Å². The summed E-state index contributed by atoms with van der Waals surface area (Å²) in [6, 6.07) is 9.57. The minimum Gasteiger partial charge on any atom is -0.495 e. The molecule has 8 nitrogen and oxygen atoms in total. The fourth-order valence-corrected chi connectivity index (χ4v) is 6.30. The van der Waals surface area contributed by atoms with E-state index in [1.807, 2.05) is 0 Å². The van der Waals surface area contributed by atoms with Crippen LogP contribution in [0.4, 0.5) is 5.13 Å². The Morgan fingerprint density at radius 2 is 1.84 bits per heavy atom. The summed E-state index contributed by atoms with van der Waals surface area (Å²) in [5.41, 5.74) is 0.600. The molecule has 11 heteroatoms. The first-order valence-electron chi connectivity index (χ1n) is 9.91. The van der Waals surface area contributed by atoms with E-state index < -0.39 is 15.9 Å². The fraction of sp³-hybridized carbons (Fsp3) is 0.333. The van der Waals surface area contributed by atoms with Gasteiger partial charge in [0.1, 0.15) is 21.7 Å². The summed E-state index contributed by atoms with van der Waals surface area (Å²) in [7, 11) is -0.589. The van der Waals surface area contributed by atoms with Crippen molar-refractivity contribution in [1.82, 2.24) is 9.29 Å². The lowest BCUT2D eigenvalue weighted by molar-refractivity contribution is -0.120. The van der Waals surface area contributed by atoms with Gasteiger partial charge in [0, 0.05) is 18.1 Å². The van der Waals surface area contributed by atoms with Crippen LogP contribution in [0, 0.1) is 5.92 Å². The molecular weight excluding hydrogens is 474 g/mol. The molecule has 1 aliphatic rings. The van der Waals surface area contributed by atoms with Crippen LogP contribution in [0.3, 0.4) is 0 Å². The zero-order valence-corrected chi connectivity index (χ0v) is 19.9. The fourth-order valence-electron chi connectivity index (χ4n) is 3.68. The van der Waals surface area contributed by atoms with Crippen LogP contribution in [0.1, 0.15) is 12.8 Å². The Hall–Kier alpha value is -2.40. The summed E-state index contributed by atoms with van der Waals surface area (Å²) < 4.78 is 38.9. The van der Waals surface area contributed by atoms with Gasteiger partial charge < -0.3 is 14.8 Å². The number of thiazole rings is 1. The van der Waals surface area contributed by atoms with Crippen molar-refractivity contribution in [1.29, 1.82) is 0 Å². The Labute approximate surface area is 195 Å². The molecule has 1 unspecified atom stereocenters. The number of hydrogen-bond acceptors (Lipinski definition) is 7. The highest BCUT2D eigenvalue weighted by molar-refractivity contribution is 7.89. The van der Waals surface area contributed by atoms with Crippen molar-refractivity contribution in [2.75, 3.05) is 32.6 Å². The van der Waals surface area contributed by atoms with Crippen molar-refractivity contribution < 1.29 is 22.7 Å². The van der Waals surface area contributed by atoms with Crippen molar-refractivity contribution in [3.8, 4) is 11.5 Å². The number of anilines is 1. The Bertz CT molecular complexity index is 1200. The lowest BCUT2D eigenvalue weighted by Crippen LogP contribution is -2.43. The number of fused-ring (bicyclic) bond motifs is 1. The number of benzene rings is 2. The molecule has 1 N–H and O–H groups in total. The molecule has 1 saturated heterocycles. The molecule has 3 aromatic rings. The standard InChI is InChI=1S/C21H22ClN3O5S2/c1-29-16-9-10-17(30-2)19-18(16)23-21(31-19)24-20(26)13-4-3-11-25(12-13)32(27,28)15-7-5-14(22)6-8-15/h5-10,13H,3-4,11-12H2,1-2H3,(H,23,24,26). The highest BCUT2D eigenvalue weighted by atomic mass is 35.5. The number of piperidine rings is 1. The van der Waals surface area contributed by atoms with Gasteiger partial charge in [0.05, 0.1) is 25.0 Å². The van der Waals surface area contributed by atoms with Gasteiger partial charge in [0.25, 0.3) is 0 Å². The smallest absolute Gasteiger partial charge is 0.243 e. The van der Waals surface area contributed by atoms with E-state index in [0.717, 1.165) is 4.70 Å². The minimum atomic E-state index is -3.71. The maximum absolute atomic E-state index is 13.0. The first-order valence-corrected chi connectivity index (χ1v) is 12.5. The Kier molecular flexibility index (Phi) is 6.57. The van der Waals surface area contributed by atoms with Gasteiger partial charge in [-0.3, -0.25) is 4.79 Å². The van der Waals surface area contributed by atoms with Crippen molar-refractivity contribution >= 4 is 54.2 Å². The largest absolute Gasteiger partial charge is 0.495 e. The van der Waals surface area contributed by atoms with Gasteiger partial charge in [-0.05, 0) is 49.2 Å². The van der Waals surface area contributed by atoms with Crippen LogP contribution in [-0.2, 0) is 14.8 Å². The van der Waals surface area contributed by atoms with E-state index in [4.69, 9.17) is 21.1 Å². The first-order chi connectivity index (χ1) is 15.3. The molecule has 1 aliphatic heterocycles. The second kappa shape index (κ2) is 9.22. The van der Waals surface area contributed by atoms with Crippen molar-refractivity contribution in [3.05, 3.63) is 41.4 Å². The monoisotopic (exact) mass is 495 g/mol. The van der Waals surface area contributed by atoms with E-state index in [0.29, 0.717) is 46.6 Å². The molecule has 170 valence electrons. The Morgan fingerprint density at radius 1 is 1.16 bits per heavy atom. The number of carbonyl (C=O) groups is 1. The lowest BCUT2D eigenvalue weighted by Gasteiger charge is -2.31. The summed E-state index contributed by atoms with van der Waals surface area (Å²) >= 11 is 7.16. The number of sulfonamides is 1. The van der Waals surface area contributed by atoms with E-state index in [2.05, 4.69) is 10.3 Å². The molecule has 1 aromatic heterocycles. The number of nitrogens with zero attached hydrogens (tertiary/aromatic N) is 2. The molecule has 1 amide bonds. The molecule has 0 radical (unpaired) electrons. The average molecular weight is 496 g/mol. The van der Waals surface area contributed by atoms with Gasteiger partial charge in [-0.15, -0.1) is 0 Å². The van der Waals surface area contributed by atoms with E-state index in [1.54, 1.807) is 26.4 Å². The number of halogens is 1. The maximum Gasteiger partial charge on any atom is 0.243 e. The van der Waals surface area contributed by atoms with E-state index >= 15 is 0 Å². The number of methoxy groups -OCH3 is 2. The number of carbonyl (C=O) groups excluding carboxylic acids is 1. The molecule has 1 fully saturated rings. The van der Waals surface area contributed by atoms with Crippen LogP contribution in [0.2, 0.25) is 5.02 Å². The van der Waals surface area contributed by atoms with Gasteiger partial charge in [-0.1, -0.05) is 22.9 Å². The van der Waals surface area contributed by atoms with Crippen LogP contribution in [0.25, 0.3) is 10.2 Å². The highest BCUT2D eigenvalue weighted by Gasteiger charge is 2.33. The molecule has 4 rings (SSSR count). The SMILES string of the molecule is COc1ccc(OC)c2sc(NC(=O)C3CCCN(S(=O)(=O)c4ccc(Cl)cc4)C3)nc12. The van der Waals surface area contributed by atoms with Crippen molar-refractivity contribution in [2.24, 2.45) is 5.92 Å². The minimum absolute atomic E-state index is 0.105. The third-order valence-corrected chi connectivity index (χ3v) is 8.46. The number of nitrogens with one attached hydrogen (secondary N) is 1. The van der Waals surface area contributed by atoms with Gasteiger partial charge in [0.2, 0.25) is 15.9 Å². The molecule has 1 atom stereocenters. The lowest BCUT2D eigenvalue weighted by atomic mass is 9.99. The number of hydrogen-bond donors (Lipinski definition) is 1. The summed E-state index contributed by atoms with van der Waals surface area (Å²) in [6.45, 7) is 0.471. The van der Waals surface area contributed by atoms with Crippen LogP contribution in [0.15, 0.2) is 41.3 Å². The first kappa shape index (κ1) is 22.8. The molecule has 0 spiro atoms. The van der Waals surface area contributed by atoms with Gasteiger partial charge in [0.15, 0.2) is 5.13 Å². The molecule has 2 aromatic carbocycles. The maximum atomic E-state index is 13.0. The van der Waals surface area contributed by atoms with Gasteiger partial charge >= 0.3 is 0 Å². The van der Waals surface area contributed by atoms with Gasteiger partial charge in [-0.2, -0.15) is 4.31 Å². The number of ether oxygens (including phenoxy) is 2. The van der Waals surface area contributed by atoms with E-state index in [9.17, 15) is 13.2 Å². The summed E-state index contributed by atoms with van der Waals surface area (Å²) in [5.74, 6) is 0.465. The second-order valence-electron chi connectivity index (χ2n) is 7.31. The highest BCUT2D eigenvalue weighted by Crippen LogP contribution is 2.39. The number of rotatable bonds is 6. The molecule has 0 aliphatic carbocycles. The van der Waals surface area contributed by atoms with Crippen LogP contribution in [0.5, 0.6) is 11.5 Å². The molecule has 32 heavy (non-hydrogen) atoms. The normalized spacial score (nSPS) is 17.3. The second-order valence-corrected chi connectivity index (χ2v) is 10.7. The number of aromatic nitrogens is 1. The number of amides is 1. The predicted octanol–water partition coefficient (Wildman–Crippen LogP) is 4.01. The summed E-state index contributed by atoms with van der Waals surface area (Å²) in [6.07, 6.45) is 1.18. The molecule has 2 heterocycles. The summed E-state index contributed by atoms with van der Waals surface area (Å²) in [5, 5.41) is 3.71. The molecular formula is C21H22ClN3O5S2. The molecule has 0 saturated carbocycles. The van der Waals surface area contributed by atoms with Crippen LogP contribution in [-0.4, -0.2) is 50.9 Å². The predicted molar refractivity (Wildman–Crippen MR) is 124 cm³/mol. The molecule has 0 bridgehead atoms. The van der Waals surface area contributed by atoms with Crippen molar-refractivity contribution in [2.45, 2.75) is 17.7 Å². The Morgan fingerprint density at radius 3 is 2.53 bits per heavy atom. The summed E-state index contributed by atoms with van der Waals surface area (Å²) in [4.78, 5) is 17.6. The topological polar surface area (TPSA) is 97.8 Å². The van der Waals surface area contributed by atoms with Crippen LogP contribution < -0.4 is 14.8 Å². The third kappa shape index (κ3) is 4.40. The van der Waals surface area contributed by atoms with Crippen LogP contribution >= 0.6 is 22.9 Å². The zero-order chi connectivity index (χ0) is 22.9. The third-order valence-electron chi connectivity index (χ3n) is 5.35. The quantitative estimate of drug-likeness (QED) is 0.555.